The van der Waals surface area contributed by atoms with E-state index in [9.17, 15) is 4.39 Å². The van der Waals surface area contributed by atoms with Gasteiger partial charge in [-0.3, -0.25) is 4.90 Å². The van der Waals surface area contributed by atoms with E-state index in [2.05, 4.69) is 16.3 Å². The number of nitrogens with one attached hydrogen (secondary N) is 1. The summed E-state index contributed by atoms with van der Waals surface area (Å²) in [7, 11) is 0. The Morgan fingerprint density at radius 2 is 2.08 bits per heavy atom. The van der Waals surface area contributed by atoms with Crippen LogP contribution in [0.5, 0.6) is 5.75 Å². The van der Waals surface area contributed by atoms with Crippen LogP contribution in [0.4, 0.5) is 4.39 Å². The van der Waals surface area contributed by atoms with Gasteiger partial charge in [-0.1, -0.05) is 30.3 Å². The number of rotatable bonds is 8. The van der Waals surface area contributed by atoms with Crippen LogP contribution in [0.1, 0.15) is 24.0 Å². The molecular weight excluding hydrogens is 331 g/mol. The Morgan fingerprint density at radius 1 is 1.19 bits per heavy atom. The molecule has 1 heterocycles. The van der Waals surface area contributed by atoms with Crippen molar-refractivity contribution in [1.29, 1.82) is 0 Å². The van der Waals surface area contributed by atoms with Crippen LogP contribution in [0.2, 0.25) is 0 Å². The van der Waals surface area contributed by atoms with Gasteiger partial charge in [0.05, 0.1) is 6.61 Å². The predicted molar refractivity (Wildman–Crippen MR) is 101 cm³/mol. The lowest BCUT2D eigenvalue weighted by Gasteiger charge is -2.33. The molecule has 26 heavy (non-hydrogen) atoms. The van der Waals surface area contributed by atoms with Gasteiger partial charge in [-0.15, -0.1) is 0 Å². The number of aliphatic hydroxyl groups is 1. The second-order valence-corrected chi connectivity index (χ2v) is 6.77. The molecular formula is C21H27FN2O2. The van der Waals surface area contributed by atoms with E-state index in [1.54, 1.807) is 6.07 Å². The summed E-state index contributed by atoms with van der Waals surface area (Å²) in [6, 6.07) is 15.4. The second kappa shape index (κ2) is 9.67. The van der Waals surface area contributed by atoms with E-state index in [-0.39, 0.29) is 12.4 Å². The zero-order chi connectivity index (χ0) is 18.2. The molecule has 0 saturated carbocycles. The molecule has 1 fully saturated rings. The highest BCUT2D eigenvalue weighted by Crippen LogP contribution is 2.17. The van der Waals surface area contributed by atoms with E-state index in [0.717, 1.165) is 49.4 Å². The molecule has 0 aromatic heterocycles. The van der Waals surface area contributed by atoms with Crippen molar-refractivity contribution in [2.45, 2.75) is 32.0 Å². The summed E-state index contributed by atoms with van der Waals surface area (Å²) < 4.78 is 19.3. The fourth-order valence-electron chi connectivity index (χ4n) is 3.40. The lowest BCUT2D eigenvalue weighted by Crippen LogP contribution is -2.45. The summed E-state index contributed by atoms with van der Waals surface area (Å²) in [5.41, 5.74) is 1.92. The maximum atomic E-state index is 13.9. The summed E-state index contributed by atoms with van der Waals surface area (Å²) in [6.45, 7) is 3.70. The first-order chi connectivity index (χ1) is 12.7. The molecule has 0 radical (unpaired) electrons. The van der Waals surface area contributed by atoms with Crippen LogP contribution >= 0.6 is 0 Å². The summed E-state index contributed by atoms with van der Waals surface area (Å²) in [6.07, 6.45) is 2.25. The van der Waals surface area contributed by atoms with Crippen molar-refractivity contribution in [3.05, 3.63) is 65.5 Å². The first kappa shape index (κ1) is 18.8. The third-order valence-corrected chi connectivity index (χ3v) is 4.71. The molecule has 1 unspecified atom stereocenters. The number of hydrogen-bond donors (Lipinski definition) is 2. The molecule has 1 saturated heterocycles. The van der Waals surface area contributed by atoms with Crippen molar-refractivity contribution in [2.24, 2.45) is 0 Å². The van der Waals surface area contributed by atoms with Crippen LogP contribution in [-0.4, -0.2) is 42.4 Å². The minimum atomic E-state index is -0.123. The van der Waals surface area contributed by atoms with Gasteiger partial charge in [0.2, 0.25) is 0 Å². The lowest BCUT2D eigenvalue weighted by atomic mass is 10.0. The molecule has 0 bridgehead atoms. The van der Waals surface area contributed by atoms with Gasteiger partial charge in [0, 0.05) is 31.2 Å². The van der Waals surface area contributed by atoms with Crippen molar-refractivity contribution in [1.82, 2.24) is 10.2 Å². The number of ether oxygens (including phenoxy) is 1. The van der Waals surface area contributed by atoms with Crippen LogP contribution < -0.4 is 10.1 Å². The number of aliphatic hydroxyl groups excluding tert-OH is 1. The second-order valence-electron chi connectivity index (χ2n) is 6.77. The zero-order valence-corrected chi connectivity index (χ0v) is 15.0. The molecule has 0 amide bonds. The van der Waals surface area contributed by atoms with Gasteiger partial charge in [-0.05, 0) is 43.1 Å². The molecule has 140 valence electrons. The van der Waals surface area contributed by atoms with Crippen LogP contribution in [0.25, 0.3) is 0 Å². The Kier molecular flexibility index (Phi) is 7.00. The quantitative estimate of drug-likeness (QED) is 0.762. The Bertz CT molecular complexity index is 695. The number of halogens is 1. The van der Waals surface area contributed by atoms with E-state index >= 15 is 0 Å². The van der Waals surface area contributed by atoms with E-state index in [1.807, 2.05) is 30.3 Å². The maximum Gasteiger partial charge on any atom is 0.127 e. The molecule has 0 spiro atoms. The fraction of sp³-hybridized carbons (Fsp3) is 0.429. The molecule has 2 aromatic rings. The molecule has 2 N–H and O–H groups in total. The molecule has 1 aliphatic heterocycles. The van der Waals surface area contributed by atoms with Crippen LogP contribution in [-0.2, 0) is 13.1 Å². The number of nitrogens with zero attached hydrogens (tertiary/aromatic N) is 1. The number of likely N-dealkylation sites (tertiary alicyclic amines) is 1. The van der Waals surface area contributed by atoms with Gasteiger partial charge in [0.15, 0.2) is 0 Å². The van der Waals surface area contributed by atoms with Crippen LogP contribution in [0.15, 0.2) is 48.5 Å². The van der Waals surface area contributed by atoms with Gasteiger partial charge in [0.25, 0.3) is 0 Å². The first-order valence-electron chi connectivity index (χ1n) is 9.26. The highest BCUT2D eigenvalue weighted by atomic mass is 19.1. The average molecular weight is 358 g/mol. The minimum Gasteiger partial charge on any atom is -0.491 e. The highest BCUT2D eigenvalue weighted by molar-refractivity contribution is 5.28. The standard InChI is InChI=1S/C21H27FN2O2/c22-21-9-2-1-6-18(21)15-24-10-4-7-19(16-24)23-14-17-5-3-8-20(13-17)26-12-11-25/h1-3,5-6,8-9,13,19,23,25H,4,7,10-12,14-16H2. The highest BCUT2D eigenvalue weighted by Gasteiger charge is 2.20. The Morgan fingerprint density at radius 3 is 2.92 bits per heavy atom. The van der Waals surface area contributed by atoms with E-state index in [1.165, 1.54) is 6.07 Å². The number of piperidine rings is 1. The minimum absolute atomic E-state index is 0.0163. The van der Waals surface area contributed by atoms with Crippen molar-refractivity contribution in [3.63, 3.8) is 0 Å². The molecule has 1 atom stereocenters. The van der Waals surface area contributed by atoms with Gasteiger partial charge >= 0.3 is 0 Å². The molecule has 2 aromatic carbocycles. The Labute approximate surface area is 154 Å². The van der Waals surface area contributed by atoms with Crippen molar-refractivity contribution in [3.8, 4) is 5.75 Å². The van der Waals surface area contributed by atoms with Crippen LogP contribution in [0.3, 0.4) is 0 Å². The largest absolute Gasteiger partial charge is 0.491 e. The fourth-order valence-corrected chi connectivity index (χ4v) is 3.40. The summed E-state index contributed by atoms with van der Waals surface area (Å²) in [5.74, 6) is 0.658. The molecule has 3 rings (SSSR count). The van der Waals surface area contributed by atoms with Crippen molar-refractivity contribution in [2.75, 3.05) is 26.3 Å². The smallest absolute Gasteiger partial charge is 0.127 e. The predicted octanol–water partition coefficient (Wildman–Crippen LogP) is 2.95. The van der Waals surface area contributed by atoms with E-state index in [4.69, 9.17) is 9.84 Å². The summed E-state index contributed by atoms with van der Waals surface area (Å²) in [4.78, 5) is 2.32. The monoisotopic (exact) mass is 358 g/mol. The molecule has 1 aliphatic rings. The van der Waals surface area contributed by atoms with Gasteiger partial charge in [-0.2, -0.15) is 0 Å². The summed E-state index contributed by atoms with van der Waals surface area (Å²) >= 11 is 0. The SMILES string of the molecule is OCCOc1cccc(CNC2CCCN(Cc3ccccc3F)C2)c1. The van der Waals surface area contributed by atoms with Crippen molar-refractivity contribution < 1.29 is 14.2 Å². The molecule has 0 aliphatic carbocycles. The maximum absolute atomic E-state index is 13.9. The third kappa shape index (κ3) is 5.53. The molecule has 5 heteroatoms. The zero-order valence-electron chi connectivity index (χ0n) is 15.0. The van der Waals surface area contributed by atoms with E-state index in [0.29, 0.717) is 19.2 Å². The van der Waals surface area contributed by atoms with Gasteiger partial charge in [-0.25, -0.2) is 4.39 Å². The Balaban J connectivity index is 1.50. The lowest BCUT2D eigenvalue weighted by molar-refractivity contribution is 0.181. The number of hydrogen-bond acceptors (Lipinski definition) is 4. The number of benzene rings is 2. The first-order valence-corrected chi connectivity index (χ1v) is 9.26. The normalized spacial score (nSPS) is 18.0. The third-order valence-electron chi connectivity index (χ3n) is 4.71. The van der Waals surface area contributed by atoms with Gasteiger partial charge in [0.1, 0.15) is 18.2 Å². The average Bonchev–Trinajstić information content (AvgIpc) is 2.67. The van der Waals surface area contributed by atoms with Crippen molar-refractivity contribution >= 4 is 0 Å². The summed E-state index contributed by atoms with van der Waals surface area (Å²) in [5, 5.41) is 12.5. The van der Waals surface area contributed by atoms with Gasteiger partial charge < -0.3 is 15.2 Å². The van der Waals surface area contributed by atoms with E-state index < -0.39 is 0 Å². The molecule has 4 nitrogen and oxygen atoms in total. The topological polar surface area (TPSA) is 44.7 Å². The Hall–Kier alpha value is -1.95. The van der Waals surface area contributed by atoms with Crippen LogP contribution in [0, 0.1) is 5.82 Å².